The number of para-hydroxylation sites is 1. The highest BCUT2D eigenvalue weighted by Gasteiger charge is 2.09. The maximum Gasteiger partial charge on any atom is 0.124 e. The quantitative estimate of drug-likeness (QED) is 0.563. The average molecular weight is 219 g/mol. The van der Waals surface area contributed by atoms with E-state index in [1.807, 2.05) is 30.3 Å². The van der Waals surface area contributed by atoms with E-state index in [1.165, 1.54) is 0 Å². The third kappa shape index (κ3) is 3.70. The molecule has 2 heteroatoms. The van der Waals surface area contributed by atoms with E-state index in [1.54, 1.807) is 0 Å². The molecule has 0 aliphatic rings. The summed E-state index contributed by atoms with van der Waals surface area (Å²) in [5.41, 5.74) is 7.13. The zero-order chi connectivity index (χ0) is 11.8. The van der Waals surface area contributed by atoms with E-state index in [2.05, 4.69) is 13.5 Å². The Balaban J connectivity index is 2.60. The van der Waals surface area contributed by atoms with Gasteiger partial charge in [-0.15, -0.1) is 6.58 Å². The maximum atomic E-state index is 6.03. The Morgan fingerprint density at radius 1 is 1.44 bits per heavy atom. The summed E-state index contributed by atoms with van der Waals surface area (Å²) in [5.74, 6) is 0.918. The minimum Gasteiger partial charge on any atom is -0.493 e. The minimum absolute atomic E-state index is 0.0654. The molecule has 0 bridgehead atoms. The SMILES string of the molecule is C=CCCCOc1ccccc1[C@@H](N)CC. The summed E-state index contributed by atoms with van der Waals surface area (Å²) >= 11 is 0. The molecule has 0 spiro atoms. The van der Waals surface area contributed by atoms with Gasteiger partial charge in [0.25, 0.3) is 0 Å². The summed E-state index contributed by atoms with van der Waals surface area (Å²) in [6, 6.07) is 8.07. The minimum atomic E-state index is 0.0654. The highest BCUT2D eigenvalue weighted by Crippen LogP contribution is 2.25. The number of unbranched alkanes of at least 4 members (excludes halogenated alkanes) is 1. The summed E-state index contributed by atoms with van der Waals surface area (Å²) in [5, 5.41) is 0. The van der Waals surface area contributed by atoms with E-state index in [0.717, 1.165) is 37.2 Å². The molecule has 0 amide bonds. The highest BCUT2D eigenvalue weighted by molar-refractivity contribution is 5.35. The molecule has 1 aromatic carbocycles. The zero-order valence-corrected chi connectivity index (χ0v) is 9.99. The first kappa shape index (κ1) is 12.8. The van der Waals surface area contributed by atoms with E-state index in [9.17, 15) is 0 Å². The first-order chi connectivity index (χ1) is 7.79. The second kappa shape index (κ2) is 7.07. The fourth-order valence-electron chi connectivity index (χ4n) is 1.55. The number of hydrogen-bond acceptors (Lipinski definition) is 2. The molecule has 0 unspecified atom stereocenters. The van der Waals surface area contributed by atoms with Crippen molar-refractivity contribution in [3.8, 4) is 5.75 Å². The molecule has 0 fully saturated rings. The Hall–Kier alpha value is -1.28. The predicted octanol–water partition coefficient (Wildman–Crippen LogP) is 3.44. The molecule has 0 radical (unpaired) electrons. The summed E-state index contributed by atoms with van der Waals surface area (Å²) < 4.78 is 5.73. The van der Waals surface area contributed by atoms with Crippen LogP contribution in [0.4, 0.5) is 0 Å². The molecule has 1 aromatic rings. The third-order valence-electron chi connectivity index (χ3n) is 2.57. The van der Waals surface area contributed by atoms with Gasteiger partial charge in [0.1, 0.15) is 5.75 Å². The molecule has 0 saturated heterocycles. The smallest absolute Gasteiger partial charge is 0.124 e. The summed E-state index contributed by atoms with van der Waals surface area (Å²) in [6.07, 6.45) is 4.82. The Labute approximate surface area is 98.1 Å². The maximum absolute atomic E-state index is 6.03. The van der Waals surface area contributed by atoms with E-state index in [-0.39, 0.29) is 6.04 Å². The lowest BCUT2D eigenvalue weighted by Gasteiger charge is -2.15. The van der Waals surface area contributed by atoms with Crippen molar-refractivity contribution in [1.29, 1.82) is 0 Å². The number of allylic oxidation sites excluding steroid dienone is 1. The van der Waals surface area contributed by atoms with Gasteiger partial charge < -0.3 is 10.5 Å². The molecule has 2 nitrogen and oxygen atoms in total. The van der Waals surface area contributed by atoms with E-state index >= 15 is 0 Å². The molecular formula is C14H21NO. The molecule has 0 aliphatic carbocycles. The lowest BCUT2D eigenvalue weighted by molar-refractivity contribution is 0.307. The first-order valence-corrected chi connectivity index (χ1v) is 5.87. The lowest BCUT2D eigenvalue weighted by atomic mass is 10.0. The topological polar surface area (TPSA) is 35.2 Å². The third-order valence-corrected chi connectivity index (χ3v) is 2.57. The number of hydrogen-bond donors (Lipinski definition) is 1. The highest BCUT2D eigenvalue weighted by atomic mass is 16.5. The van der Waals surface area contributed by atoms with Gasteiger partial charge in [-0.1, -0.05) is 31.2 Å². The van der Waals surface area contributed by atoms with Crippen LogP contribution in [0.2, 0.25) is 0 Å². The Morgan fingerprint density at radius 3 is 2.88 bits per heavy atom. The fraction of sp³-hybridized carbons (Fsp3) is 0.429. The summed E-state index contributed by atoms with van der Waals surface area (Å²) in [7, 11) is 0. The van der Waals surface area contributed by atoms with Crippen molar-refractivity contribution in [3.63, 3.8) is 0 Å². The second-order valence-electron chi connectivity index (χ2n) is 3.83. The van der Waals surface area contributed by atoms with Crippen LogP contribution in [-0.4, -0.2) is 6.61 Å². The van der Waals surface area contributed by atoms with E-state index < -0.39 is 0 Å². The van der Waals surface area contributed by atoms with Crippen molar-refractivity contribution in [3.05, 3.63) is 42.5 Å². The van der Waals surface area contributed by atoms with Crippen LogP contribution in [0.1, 0.15) is 37.8 Å². The van der Waals surface area contributed by atoms with Gasteiger partial charge in [0.2, 0.25) is 0 Å². The van der Waals surface area contributed by atoms with Crippen molar-refractivity contribution < 1.29 is 4.74 Å². The van der Waals surface area contributed by atoms with E-state index in [0.29, 0.717) is 0 Å². The van der Waals surface area contributed by atoms with Crippen molar-refractivity contribution in [2.45, 2.75) is 32.2 Å². The molecule has 0 heterocycles. The number of benzene rings is 1. The monoisotopic (exact) mass is 219 g/mol. The lowest BCUT2D eigenvalue weighted by Crippen LogP contribution is -2.11. The molecule has 88 valence electrons. The van der Waals surface area contributed by atoms with Crippen LogP contribution in [0.3, 0.4) is 0 Å². The molecule has 0 saturated carbocycles. The Kier molecular flexibility index (Phi) is 5.65. The van der Waals surface area contributed by atoms with Crippen LogP contribution >= 0.6 is 0 Å². The van der Waals surface area contributed by atoms with Gasteiger partial charge in [-0.05, 0) is 25.3 Å². The largest absolute Gasteiger partial charge is 0.493 e. The molecule has 16 heavy (non-hydrogen) atoms. The van der Waals surface area contributed by atoms with Crippen molar-refractivity contribution in [2.24, 2.45) is 5.73 Å². The van der Waals surface area contributed by atoms with Gasteiger partial charge in [-0.25, -0.2) is 0 Å². The second-order valence-corrected chi connectivity index (χ2v) is 3.83. The van der Waals surface area contributed by atoms with Crippen LogP contribution in [0.15, 0.2) is 36.9 Å². The molecule has 0 aromatic heterocycles. The summed E-state index contributed by atoms with van der Waals surface area (Å²) in [6.45, 7) is 6.49. The van der Waals surface area contributed by atoms with Crippen LogP contribution in [-0.2, 0) is 0 Å². The Bertz CT molecular complexity index is 322. The molecular weight excluding hydrogens is 198 g/mol. The Morgan fingerprint density at radius 2 is 2.19 bits per heavy atom. The van der Waals surface area contributed by atoms with Gasteiger partial charge in [0.05, 0.1) is 6.61 Å². The summed E-state index contributed by atoms with van der Waals surface area (Å²) in [4.78, 5) is 0. The molecule has 2 N–H and O–H groups in total. The van der Waals surface area contributed by atoms with Crippen LogP contribution < -0.4 is 10.5 Å². The van der Waals surface area contributed by atoms with Crippen LogP contribution in [0.5, 0.6) is 5.75 Å². The van der Waals surface area contributed by atoms with Gasteiger partial charge in [0, 0.05) is 11.6 Å². The van der Waals surface area contributed by atoms with Gasteiger partial charge in [-0.3, -0.25) is 0 Å². The normalized spacial score (nSPS) is 12.1. The van der Waals surface area contributed by atoms with Crippen molar-refractivity contribution in [1.82, 2.24) is 0 Å². The standard InChI is InChI=1S/C14H21NO/c1-3-5-8-11-16-14-10-7-6-9-12(14)13(15)4-2/h3,6-7,9-10,13H,1,4-5,8,11,15H2,2H3/t13-/m0/s1. The number of rotatable bonds is 7. The number of nitrogens with two attached hydrogens (primary N) is 1. The van der Waals surface area contributed by atoms with Gasteiger partial charge in [-0.2, -0.15) is 0 Å². The average Bonchev–Trinajstić information content (AvgIpc) is 2.34. The predicted molar refractivity (Wildman–Crippen MR) is 68.6 cm³/mol. The number of ether oxygens (including phenoxy) is 1. The zero-order valence-electron chi connectivity index (χ0n) is 9.99. The molecule has 1 atom stereocenters. The van der Waals surface area contributed by atoms with Gasteiger partial charge in [0.15, 0.2) is 0 Å². The first-order valence-electron chi connectivity index (χ1n) is 5.87. The van der Waals surface area contributed by atoms with Crippen molar-refractivity contribution in [2.75, 3.05) is 6.61 Å². The molecule has 0 aliphatic heterocycles. The van der Waals surface area contributed by atoms with E-state index in [4.69, 9.17) is 10.5 Å². The van der Waals surface area contributed by atoms with Crippen LogP contribution in [0.25, 0.3) is 0 Å². The van der Waals surface area contributed by atoms with Crippen molar-refractivity contribution >= 4 is 0 Å². The fourth-order valence-corrected chi connectivity index (χ4v) is 1.55. The van der Waals surface area contributed by atoms with Gasteiger partial charge >= 0.3 is 0 Å². The van der Waals surface area contributed by atoms with Crippen LogP contribution in [0, 0.1) is 0 Å². The molecule has 1 rings (SSSR count).